The minimum Gasteiger partial charge on any atom is -0.443 e. The number of primary sulfonamides is 1. The zero-order valence-electron chi connectivity index (χ0n) is 15.4. The van der Waals surface area contributed by atoms with Crippen LogP contribution in [-0.2, 0) is 14.8 Å². The number of hydrogen-bond donors (Lipinski definition) is 1. The molecule has 0 fully saturated rings. The van der Waals surface area contributed by atoms with Crippen molar-refractivity contribution < 1.29 is 22.3 Å². The Kier molecular flexibility index (Phi) is 4.99. The van der Waals surface area contributed by atoms with Gasteiger partial charge in [-0.05, 0) is 51.1 Å². The lowest BCUT2D eigenvalue weighted by Crippen LogP contribution is -2.26. The van der Waals surface area contributed by atoms with Crippen LogP contribution in [0.3, 0.4) is 0 Å². The van der Waals surface area contributed by atoms with Gasteiger partial charge < -0.3 is 4.74 Å². The summed E-state index contributed by atoms with van der Waals surface area (Å²) in [4.78, 5) is 12.5. The van der Waals surface area contributed by atoms with Crippen LogP contribution in [0.4, 0.5) is 9.18 Å². The quantitative estimate of drug-likeness (QED) is 0.654. The Bertz CT molecular complexity index is 1200. The molecule has 0 amide bonds. The molecule has 0 spiro atoms. The molecule has 1 heterocycles. The van der Waals surface area contributed by atoms with Crippen molar-refractivity contribution in [1.29, 1.82) is 0 Å². The van der Waals surface area contributed by atoms with Gasteiger partial charge in [-0.2, -0.15) is 0 Å². The van der Waals surface area contributed by atoms with Gasteiger partial charge in [-0.25, -0.2) is 22.7 Å². The van der Waals surface area contributed by atoms with Gasteiger partial charge in [0.2, 0.25) is 10.0 Å². The van der Waals surface area contributed by atoms with Gasteiger partial charge in [0.15, 0.2) is 0 Å². The molecular weight excluding hydrogens is 407 g/mol. The van der Waals surface area contributed by atoms with Gasteiger partial charge in [-0.3, -0.25) is 4.57 Å². The predicted octanol–water partition coefficient (Wildman–Crippen LogP) is 4.53. The number of fused-ring (bicyclic) bond motifs is 1. The van der Waals surface area contributed by atoms with Crippen LogP contribution in [0.25, 0.3) is 22.0 Å². The highest BCUT2D eigenvalue weighted by atomic mass is 35.5. The Morgan fingerprint density at radius 1 is 1.14 bits per heavy atom. The Labute approximate surface area is 166 Å². The molecule has 148 valence electrons. The molecule has 9 heteroatoms. The topological polar surface area (TPSA) is 91.4 Å². The fraction of sp³-hybridized carbons (Fsp3) is 0.211. The van der Waals surface area contributed by atoms with Crippen LogP contribution in [-0.4, -0.2) is 24.7 Å². The molecule has 0 aliphatic carbocycles. The van der Waals surface area contributed by atoms with Crippen molar-refractivity contribution in [3.8, 4) is 11.1 Å². The highest BCUT2D eigenvalue weighted by Gasteiger charge is 2.22. The molecule has 0 radical (unpaired) electrons. The van der Waals surface area contributed by atoms with E-state index in [9.17, 15) is 17.6 Å². The summed E-state index contributed by atoms with van der Waals surface area (Å²) in [5, 5.41) is 5.81. The average molecular weight is 425 g/mol. The molecule has 0 atom stereocenters. The van der Waals surface area contributed by atoms with Crippen LogP contribution in [0, 0.1) is 5.82 Å². The lowest BCUT2D eigenvalue weighted by atomic mass is 10.0. The van der Waals surface area contributed by atoms with Crippen LogP contribution in [0.2, 0.25) is 5.02 Å². The van der Waals surface area contributed by atoms with Crippen LogP contribution < -0.4 is 5.14 Å². The van der Waals surface area contributed by atoms with Crippen molar-refractivity contribution in [2.75, 3.05) is 0 Å². The summed E-state index contributed by atoms with van der Waals surface area (Å²) >= 11 is 6.28. The van der Waals surface area contributed by atoms with Crippen molar-refractivity contribution in [2.45, 2.75) is 31.3 Å². The number of sulfonamides is 1. The second kappa shape index (κ2) is 6.88. The summed E-state index contributed by atoms with van der Waals surface area (Å²) in [7, 11) is -3.91. The second-order valence-electron chi connectivity index (χ2n) is 7.24. The number of nitrogens with two attached hydrogens (primary N) is 1. The number of benzene rings is 2. The summed E-state index contributed by atoms with van der Waals surface area (Å²) < 4.78 is 43.4. The number of rotatable bonds is 2. The average Bonchev–Trinajstić information content (AvgIpc) is 2.91. The molecule has 1 aromatic heterocycles. The monoisotopic (exact) mass is 424 g/mol. The van der Waals surface area contributed by atoms with E-state index in [1.54, 1.807) is 20.8 Å². The summed E-state index contributed by atoms with van der Waals surface area (Å²) in [5.74, 6) is -0.516. The molecule has 0 saturated heterocycles. The summed E-state index contributed by atoms with van der Waals surface area (Å²) in [5.41, 5.74) is 0.548. The first kappa shape index (κ1) is 20.3. The summed E-state index contributed by atoms with van der Waals surface area (Å²) in [6.45, 7) is 5.17. The van der Waals surface area contributed by atoms with E-state index in [0.717, 1.165) is 0 Å². The highest BCUT2D eigenvalue weighted by Crippen LogP contribution is 2.36. The Hall–Kier alpha value is -2.42. The van der Waals surface area contributed by atoms with Gasteiger partial charge in [-0.1, -0.05) is 17.7 Å². The molecule has 2 aromatic carbocycles. The molecule has 0 unspecified atom stereocenters. The number of aromatic nitrogens is 1. The summed E-state index contributed by atoms with van der Waals surface area (Å²) in [6.07, 6.45) is 0.808. The lowest BCUT2D eigenvalue weighted by Gasteiger charge is -2.19. The maximum atomic E-state index is 13.8. The molecule has 0 bridgehead atoms. The van der Waals surface area contributed by atoms with Gasteiger partial charge in [0, 0.05) is 27.7 Å². The SMILES string of the molecule is CC(C)(C)OC(=O)n1cc(-c2ccc(S(N)(=O)=O)cc2Cl)c2ccc(F)cc21. The maximum absolute atomic E-state index is 13.8. The minimum atomic E-state index is -3.91. The largest absolute Gasteiger partial charge is 0.443 e. The number of nitrogens with zero attached hydrogens (tertiary/aromatic N) is 1. The molecule has 0 aliphatic heterocycles. The maximum Gasteiger partial charge on any atom is 0.419 e. The number of carbonyl (C=O) groups excluding carboxylic acids is 1. The first-order valence-electron chi connectivity index (χ1n) is 8.23. The Balaban J connectivity index is 2.22. The van der Waals surface area contributed by atoms with Gasteiger partial charge in [0.05, 0.1) is 10.4 Å². The number of ether oxygens (including phenoxy) is 1. The normalized spacial score (nSPS) is 12.4. The highest BCUT2D eigenvalue weighted by molar-refractivity contribution is 7.89. The standard InChI is InChI=1S/C19H18ClFN2O4S/c1-19(2,3)27-18(24)23-10-15(14-6-4-11(21)8-17(14)23)13-7-5-12(9-16(13)20)28(22,25)26/h4-10H,1-3H3,(H2,22,25,26). The first-order chi connectivity index (χ1) is 12.9. The van der Waals surface area contributed by atoms with Crippen molar-refractivity contribution in [2.24, 2.45) is 5.14 Å². The molecular formula is C19H18ClFN2O4S. The van der Waals surface area contributed by atoms with Crippen molar-refractivity contribution in [3.63, 3.8) is 0 Å². The minimum absolute atomic E-state index is 0.124. The molecule has 0 saturated carbocycles. The second-order valence-corrected chi connectivity index (χ2v) is 9.21. The molecule has 0 aliphatic rings. The molecule has 3 aromatic rings. The number of hydrogen-bond acceptors (Lipinski definition) is 4. The van der Waals surface area contributed by atoms with E-state index < -0.39 is 27.5 Å². The zero-order chi connectivity index (χ0) is 20.9. The third-order valence-corrected chi connectivity index (χ3v) is 5.14. The Morgan fingerprint density at radius 3 is 2.39 bits per heavy atom. The van der Waals surface area contributed by atoms with Crippen molar-refractivity contribution in [3.05, 3.63) is 53.4 Å². The smallest absolute Gasteiger partial charge is 0.419 e. The van der Waals surface area contributed by atoms with Crippen molar-refractivity contribution in [1.82, 2.24) is 4.57 Å². The van der Waals surface area contributed by atoms with Crippen LogP contribution >= 0.6 is 11.6 Å². The van der Waals surface area contributed by atoms with Crippen LogP contribution in [0.1, 0.15) is 20.8 Å². The lowest BCUT2D eigenvalue weighted by molar-refractivity contribution is 0.0544. The summed E-state index contributed by atoms with van der Waals surface area (Å²) in [6, 6.07) is 8.03. The third kappa shape index (κ3) is 4.04. The van der Waals surface area contributed by atoms with Gasteiger partial charge in [0.25, 0.3) is 0 Å². The van der Waals surface area contributed by atoms with E-state index in [1.807, 2.05) is 0 Å². The van der Waals surface area contributed by atoms with E-state index >= 15 is 0 Å². The van der Waals surface area contributed by atoms with E-state index in [4.69, 9.17) is 21.5 Å². The van der Waals surface area contributed by atoms with E-state index in [1.165, 1.54) is 47.2 Å². The fourth-order valence-corrected chi connectivity index (χ4v) is 3.65. The fourth-order valence-electron chi connectivity index (χ4n) is 2.77. The predicted molar refractivity (Wildman–Crippen MR) is 105 cm³/mol. The van der Waals surface area contributed by atoms with Gasteiger partial charge >= 0.3 is 6.09 Å². The molecule has 3 rings (SSSR count). The number of halogens is 2. The third-order valence-electron chi connectivity index (χ3n) is 3.92. The molecule has 28 heavy (non-hydrogen) atoms. The molecule has 6 nitrogen and oxygen atoms in total. The van der Waals surface area contributed by atoms with E-state index in [-0.39, 0.29) is 9.92 Å². The van der Waals surface area contributed by atoms with Crippen LogP contribution in [0.5, 0.6) is 0 Å². The van der Waals surface area contributed by atoms with Gasteiger partial charge in [0.1, 0.15) is 11.4 Å². The van der Waals surface area contributed by atoms with Crippen LogP contribution in [0.15, 0.2) is 47.5 Å². The zero-order valence-corrected chi connectivity index (χ0v) is 16.9. The number of carbonyl (C=O) groups is 1. The van der Waals surface area contributed by atoms with E-state index in [0.29, 0.717) is 22.0 Å². The first-order valence-corrected chi connectivity index (χ1v) is 10.2. The van der Waals surface area contributed by atoms with Crippen molar-refractivity contribution >= 4 is 38.6 Å². The Morgan fingerprint density at radius 2 is 1.82 bits per heavy atom. The van der Waals surface area contributed by atoms with Gasteiger partial charge in [-0.15, -0.1) is 0 Å². The molecule has 2 N–H and O–H groups in total. The van der Waals surface area contributed by atoms with E-state index in [2.05, 4.69) is 0 Å².